The molecule has 0 radical (unpaired) electrons. The van der Waals surface area contributed by atoms with Gasteiger partial charge in [0, 0.05) is 110 Å². The summed E-state index contributed by atoms with van der Waals surface area (Å²) in [6.07, 6.45) is 30.8. The molecule has 4 aromatic rings. The molecule has 13 nitrogen and oxygen atoms in total. The van der Waals surface area contributed by atoms with Crippen molar-refractivity contribution in [3.05, 3.63) is 118 Å². The summed E-state index contributed by atoms with van der Waals surface area (Å²) in [5.41, 5.74) is 9.46. The van der Waals surface area contributed by atoms with Gasteiger partial charge in [-0.2, -0.15) is 0 Å². The standard InChI is InChI=1S/C30H41N3O3.C28H37N3O3.Li.H2O/c1-2-35-30(34)29(26-12-7-17-32-28(26)24-9-5-10-24)33-18-15-25(21-33)36-19-4-3-8-22-13-14-23-11-6-16-31-27(23)20-22;32-28(33)27(24-10-5-15-30-26(24)22-7-3-8-22)31-16-13-23(19-31)34-17-2-1-6-20-11-12-21-9-4-14-29-25(21)18-20;;/h6-7,11-12,16-17,22,24-25,29H,2-5,8-10,13-15,18-21H2,1H3;4-5,9-10,14-15,20,22-23,27H,1-3,6-8,11-13,16-19H2,(H,32,33);;1H2/q;;+1;/p-1/t22?,25-,29?;20?,23-,27?;;/m11../s1. The van der Waals surface area contributed by atoms with Gasteiger partial charge in [-0.05, 0) is 157 Å². The predicted octanol–water partition coefficient (Wildman–Crippen LogP) is 7.18. The third kappa shape index (κ3) is 14.4. The number of unbranched alkanes of at least 4 members (excludes halogenated alkanes) is 2. The number of hydrogen-bond donors (Lipinski definition) is 1. The van der Waals surface area contributed by atoms with Gasteiger partial charge in [0.25, 0.3) is 0 Å². The number of ether oxygens (including phenoxy) is 3. The quantitative estimate of drug-likeness (QED) is 0.0507. The van der Waals surface area contributed by atoms with Crippen LogP contribution in [0.25, 0.3) is 0 Å². The number of carbonyl (C=O) groups is 2. The summed E-state index contributed by atoms with van der Waals surface area (Å²) in [6.45, 7) is 6.89. The molecule has 4 fully saturated rings. The zero-order valence-electron chi connectivity index (χ0n) is 43.3. The number of pyridine rings is 4. The summed E-state index contributed by atoms with van der Waals surface area (Å²) < 4.78 is 18.0. The Morgan fingerprint density at radius 2 is 1.08 bits per heavy atom. The molecule has 0 bridgehead atoms. The molecule has 4 unspecified atom stereocenters. The molecule has 2 saturated carbocycles. The van der Waals surface area contributed by atoms with Crippen molar-refractivity contribution in [2.45, 2.75) is 171 Å². The van der Waals surface area contributed by atoms with Crippen molar-refractivity contribution >= 4 is 11.9 Å². The van der Waals surface area contributed by atoms with Gasteiger partial charge in [-0.15, -0.1) is 0 Å². The van der Waals surface area contributed by atoms with E-state index in [-0.39, 0.29) is 48.6 Å². The Labute approximate surface area is 440 Å². The van der Waals surface area contributed by atoms with Crippen LogP contribution in [0.15, 0.2) is 73.3 Å². The molecule has 72 heavy (non-hydrogen) atoms. The number of aromatic nitrogens is 4. The van der Waals surface area contributed by atoms with Crippen molar-refractivity contribution in [3.8, 4) is 0 Å². The Balaban J connectivity index is 0.000000206. The zero-order chi connectivity index (χ0) is 48.1. The molecule has 384 valence electrons. The maximum atomic E-state index is 13.1. The Hall–Kier alpha value is -4.06. The molecule has 6 atom stereocenters. The number of carboxylic acid groups (broad SMARTS) is 1. The molecule has 2 saturated heterocycles. The van der Waals surface area contributed by atoms with Crippen LogP contribution in [0.5, 0.6) is 0 Å². The maximum absolute atomic E-state index is 13.1. The van der Waals surface area contributed by atoms with E-state index in [1.165, 1.54) is 80.3 Å². The van der Waals surface area contributed by atoms with Crippen LogP contribution < -0.4 is 18.9 Å². The summed E-state index contributed by atoms with van der Waals surface area (Å²) in [5.74, 6) is 1.45. The van der Waals surface area contributed by atoms with Gasteiger partial charge in [0.1, 0.15) is 12.1 Å². The zero-order valence-corrected chi connectivity index (χ0v) is 43.3. The normalized spacial score (nSPS) is 22.8. The fourth-order valence-corrected chi connectivity index (χ4v) is 12.1. The average Bonchev–Trinajstić information content (AvgIpc) is 4.01. The Bertz CT molecular complexity index is 2310. The number of carboxylic acids is 1. The minimum Gasteiger partial charge on any atom is -0.870 e. The molecule has 2 N–H and O–H groups in total. The van der Waals surface area contributed by atoms with E-state index < -0.39 is 12.0 Å². The van der Waals surface area contributed by atoms with Gasteiger partial charge in [-0.3, -0.25) is 34.5 Å². The third-order valence-electron chi connectivity index (χ3n) is 16.4. The molecule has 0 amide bonds. The van der Waals surface area contributed by atoms with Gasteiger partial charge in [0.05, 0.1) is 18.8 Å². The minimum atomic E-state index is -0.780. The predicted molar refractivity (Wildman–Crippen MR) is 272 cm³/mol. The summed E-state index contributed by atoms with van der Waals surface area (Å²) >= 11 is 0. The number of esters is 1. The van der Waals surface area contributed by atoms with Crippen molar-refractivity contribution in [1.82, 2.24) is 29.7 Å². The number of fused-ring (bicyclic) bond motifs is 2. The van der Waals surface area contributed by atoms with Crippen molar-refractivity contribution in [2.75, 3.05) is 46.0 Å². The molecule has 4 aromatic heterocycles. The Morgan fingerprint density at radius 3 is 1.54 bits per heavy atom. The van der Waals surface area contributed by atoms with Gasteiger partial charge in [-0.1, -0.05) is 49.9 Å². The van der Waals surface area contributed by atoms with Crippen LogP contribution in [-0.4, -0.2) is 110 Å². The number of carbonyl (C=O) groups excluding carboxylic acids is 1. The fraction of sp³-hybridized carbons (Fsp3) is 0.621. The molecular formula is C58H79LiN6O7. The van der Waals surface area contributed by atoms with Crippen LogP contribution in [-0.2, 0) is 49.5 Å². The first-order valence-corrected chi connectivity index (χ1v) is 27.3. The van der Waals surface area contributed by atoms with Gasteiger partial charge in [-0.25, -0.2) is 4.79 Å². The summed E-state index contributed by atoms with van der Waals surface area (Å²) in [5, 5.41) is 10.1. The van der Waals surface area contributed by atoms with Crippen LogP contribution in [0.1, 0.15) is 179 Å². The van der Waals surface area contributed by atoms with E-state index in [2.05, 4.69) is 49.0 Å². The summed E-state index contributed by atoms with van der Waals surface area (Å²) in [6, 6.07) is 15.4. The molecule has 14 heteroatoms. The smallest absolute Gasteiger partial charge is 0.870 e. The van der Waals surface area contributed by atoms with Crippen LogP contribution in [0.4, 0.5) is 0 Å². The van der Waals surface area contributed by atoms with E-state index in [4.69, 9.17) is 19.2 Å². The molecule has 10 rings (SSSR count). The first-order valence-electron chi connectivity index (χ1n) is 27.3. The Morgan fingerprint density at radius 1 is 0.625 bits per heavy atom. The first kappa shape index (κ1) is 55.7. The van der Waals surface area contributed by atoms with Gasteiger partial charge < -0.3 is 24.8 Å². The number of hydrogen-bond acceptors (Lipinski definition) is 12. The van der Waals surface area contributed by atoms with Gasteiger partial charge >= 0.3 is 30.8 Å². The minimum absolute atomic E-state index is 0. The second-order valence-electron chi connectivity index (χ2n) is 21.1. The van der Waals surface area contributed by atoms with Crippen molar-refractivity contribution in [2.24, 2.45) is 11.8 Å². The number of rotatable bonds is 21. The second kappa shape index (κ2) is 28.0. The fourth-order valence-electron chi connectivity index (χ4n) is 12.1. The summed E-state index contributed by atoms with van der Waals surface area (Å²) in [7, 11) is 0. The molecule has 6 aliphatic rings. The number of aryl methyl sites for hydroxylation is 2. The summed E-state index contributed by atoms with van der Waals surface area (Å²) in [4.78, 5) is 48.2. The van der Waals surface area contributed by atoms with E-state index in [1.807, 2.05) is 49.8 Å². The molecule has 0 aromatic carbocycles. The van der Waals surface area contributed by atoms with E-state index in [1.54, 1.807) is 6.20 Å². The number of likely N-dealkylation sites (tertiary alicyclic amines) is 2. The van der Waals surface area contributed by atoms with E-state index in [0.29, 0.717) is 25.0 Å². The molecule has 6 heterocycles. The maximum Gasteiger partial charge on any atom is 1.00 e. The largest absolute Gasteiger partial charge is 1.00 e. The topological polar surface area (TPSA) is 170 Å². The van der Waals surface area contributed by atoms with Crippen LogP contribution in [0.3, 0.4) is 0 Å². The van der Waals surface area contributed by atoms with Crippen molar-refractivity contribution in [1.29, 1.82) is 0 Å². The molecule has 4 aliphatic carbocycles. The average molecular weight is 979 g/mol. The van der Waals surface area contributed by atoms with Crippen LogP contribution >= 0.6 is 0 Å². The third-order valence-corrected chi connectivity index (χ3v) is 16.4. The van der Waals surface area contributed by atoms with E-state index in [0.717, 1.165) is 138 Å². The van der Waals surface area contributed by atoms with Crippen LogP contribution in [0, 0.1) is 11.8 Å². The first-order chi connectivity index (χ1) is 34.4. The SMILES string of the molecule is CCOC(=O)C(c1cccnc1C1CCC1)N1CC[C@@H](OCCCCC2CCc3cccnc3C2)C1.O=C(O)C(c1cccnc1C1CCC1)N1CC[C@@H](OCCCCC2CCc3cccnc3C2)C1.[Li+].[OH-]. The molecular weight excluding hydrogens is 900 g/mol. The number of nitrogens with zero attached hydrogens (tertiary/aromatic N) is 6. The van der Waals surface area contributed by atoms with Crippen molar-refractivity contribution in [3.63, 3.8) is 0 Å². The Kier molecular flexibility index (Phi) is 21.7. The van der Waals surface area contributed by atoms with E-state index >= 15 is 0 Å². The van der Waals surface area contributed by atoms with Crippen LogP contribution in [0.2, 0.25) is 0 Å². The molecule has 0 spiro atoms. The second-order valence-corrected chi connectivity index (χ2v) is 21.1. The van der Waals surface area contributed by atoms with Crippen molar-refractivity contribution < 1.29 is 53.2 Å². The monoisotopic (exact) mass is 979 g/mol. The number of aliphatic carboxylic acids is 1. The van der Waals surface area contributed by atoms with E-state index in [9.17, 15) is 14.7 Å². The van der Waals surface area contributed by atoms with Gasteiger partial charge in [0.15, 0.2) is 0 Å². The molecule has 2 aliphatic heterocycles. The van der Waals surface area contributed by atoms with Gasteiger partial charge in [0.2, 0.25) is 0 Å².